The van der Waals surface area contributed by atoms with Crippen LogP contribution in [0.1, 0.15) is 177 Å². The van der Waals surface area contributed by atoms with E-state index in [1.54, 1.807) is 0 Å². The lowest BCUT2D eigenvalue weighted by Crippen LogP contribution is -2.02. The number of hydrogen-bond acceptors (Lipinski definition) is 1. The number of aryl methyl sites for hydroxylation is 4. The summed E-state index contributed by atoms with van der Waals surface area (Å²) in [6, 6.07) is 18.1. The van der Waals surface area contributed by atoms with Crippen molar-refractivity contribution < 1.29 is 4.79 Å². The molecule has 42 heavy (non-hydrogen) atoms. The SMILES string of the molecule is CCCCCCCCCCCCc1ccc(CCC(=O)CCc2ccc(CCCCCCCCCCCC)cc2)cc1. The molecule has 0 fully saturated rings. The van der Waals surface area contributed by atoms with Gasteiger partial charge in [0.1, 0.15) is 5.78 Å². The molecule has 0 aliphatic rings. The topological polar surface area (TPSA) is 17.1 Å². The molecule has 0 saturated heterocycles. The highest BCUT2D eigenvalue weighted by molar-refractivity contribution is 5.78. The van der Waals surface area contributed by atoms with E-state index in [-0.39, 0.29) is 0 Å². The van der Waals surface area contributed by atoms with Crippen LogP contribution >= 0.6 is 0 Å². The number of ketones is 1. The number of Topliss-reactive ketones (excluding diaryl/α,β-unsaturated/α-hetero) is 1. The third-order valence-corrected chi connectivity index (χ3v) is 9.07. The molecule has 2 rings (SSSR count). The molecule has 1 nitrogen and oxygen atoms in total. The maximum Gasteiger partial charge on any atom is 0.133 e. The summed E-state index contributed by atoms with van der Waals surface area (Å²) in [6.45, 7) is 4.57. The Hall–Kier alpha value is -1.89. The van der Waals surface area contributed by atoms with Gasteiger partial charge in [0, 0.05) is 12.8 Å². The molecule has 1 heteroatoms. The van der Waals surface area contributed by atoms with Crippen molar-refractivity contribution in [1.82, 2.24) is 0 Å². The van der Waals surface area contributed by atoms with Gasteiger partial charge in [0.25, 0.3) is 0 Å². The minimum atomic E-state index is 0.388. The highest BCUT2D eigenvalue weighted by atomic mass is 16.1. The minimum Gasteiger partial charge on any atom is -0.300 e. The van der Waals surface area contributed by atoms with Crippen LogP contribution in [0.2, 0.25) is 0 Å². The molecule has 0 saturated carbocycles. The van der Waals surface area contributed by atoms with E-state index >= 15 is 0 Å². The van der Waals surface area contributed by atoms with Crippen molar-refractivity contribution in [2.24, 2.45) is 0 Å². The van der Waals surface area contributed by atoms with Crippen LogP contribution in [0.3, 0.4) is 0 Å². The zero-order valence-electron chi connectivity index (χ0n) is 27.9. The molecular weight excluding hydrogens is 508 g/mol. The summed E-state index contributed by atoms with van der Waals surface area (Å²) in [4.78, 5) is 12.6. The molecule has 0 amide bonds. The highest BCUT2D eigenvalue weighted by Crippen LogP contribution is 2.16. The van der Waals surface area contributed by atoms with Gasteiger partial charge >= 0.3 is 0 Å². The Labute approximate surface area is 261 Å². The van der Waals surface area contributed by atoms with Gasteiger partial charge in [-0.25, -0.2) is 0 Å². The zero-order valence-corrected chi connectivity index (χ0v) is 27.9. The lowest BCUT2D eigenvalue weighted by atomic mass is 9.99. The van der Waals surface area contributed by atoms with Crippen LogP contribution in [0, 0.1) is 0 Å². The van der Waals surface area contributed by atoms with Crippen LogP contribution < -0.4 is 0 Å². The van der Waals surface area contributed by atoms with E-state index in [9.17, 15) is 4.79 Å². The van der Waals surface area contributed by atoms with E-state index < -0.39 is 0 Å². The molecule has 0 unspecified atom stereocenters. The number of carbonyl (C=O) groups is 1. The first kappa shape index (κ1) is 36.3. The van der Waals surface area contributed by atoms with Crippen LogP contribution in [-0.4, -0.2) is 5.78 Å². The summed E-state index contributed by atoms with van der Waals surface area (Å²) in [5.41, 5.74) is 5.49. The quantitative estimate of drug-likeness (QED) is 0.0924. The minimum absolute atomic E-state index is 0.388. The third kappa shape index (κ3) is 19.3. The smallest absolute Gasteiger partial charge is 0.133 e. The standard InChI is InChI=1S/C41H66O/c1-3-5-7-9-11-13-15-17-19-21-23-37-25-29-39(30-26-37)33-35-41(42)36-34-40-31-27-38(28-32-40)24-22-20-18-16-14-12-10-8-6-4-2/h25-32H,3-24,33-36H2,1-2H3. The van der Waals surface area contributed by atoms with E-state index in [4.69, 9.17) is 0 Å². The predicted molar refractivity (Wildman–Crippen MR) is 186 cm³/mol. The first-order valence-electron chi connectivity index (χ1n) is 18.4. The van der Waals surface area contributed by atoms with E-state index in [2.05, 4.69) is 62.4 Å². The number of unbranched alkanes of at least 4 members (excludes halogenated alkanes) is 18. The zero-order chi connectivity index (χ0) is 29.9. The lowest BCUT2D eigenvalue weighted by molar-refractivity contribution is -0.119. The van der Waals surface area contributed by atoms with Gasteiger partial charge in [0.05, 0.1) is 0 Å². The fourth-order valence-electron chi connectivity index (χ4n) is 6.07. The second-order valence-corrected chi connectivity index (χ2v) is 13.0. The van der Waals surface area contributed by atoms with Crippen molar-refractivity contribution in [2.45, 2.75) is 181 Å². The molecule has 0 N–H and O–H groups in total. The van der Waals surface area contributed by atoms with Crippen LogP contribution in [-0.2, 0) is 30.5 Å². The number of carbonyl (C=O) groups excluding carboxylic acids is 1. The molecule has 0 aliphatic heterocycles. The van der Waals surface area contributed by atoms with Crippen molar-refractivity contribution >= 4 is 5.78 Å². The lowest BCUT2D eigenvalue weighted by Gasteiger charge is -2.06. The number of hydrogen-bond donors (Lipinski definition) is 0. The van der Waals surface area contributed by atoms with Gasteiger partial charge in [-0.2, -0.15) is 0 Å². The molecule has 0 aromatic heterocycles. The normalized spacial score (nSPS) is 11.3. The van der Waals surface area contributed by atoms with Crippen molar-refractivity contribution in [3.05, 3.63) is 70.8 Å². The molecule has 2 aromatic carbocycles. The Kier molecular flexibility index (Phi) is 22.1. The molecule has 236 valence electrons. The molecule has 0 radical (unpaired) electrons. The van der Waals surface area contributed by atoms with Gasteiger partial charge in [0.15, 0.2) is 0 Å². The summed E-state index contributed by atoms with van der Waals surface area (Å²) < 4.78 is 0. The largest absolute Gasteiger partial charge is 0.300 e. The fraction of sp³-hybridized carbons (Fsp3) is 0.683. The second-order valence-electron chi connectivity index (χ2n) is 13.0. The summed E-state index contributed by atoms with van der Waals surface area (Å²) in [5, 5.41) is 0. The molecule has 0 aliphatic carbocycles. The molecule has 0 heterocycles. The maximum absolute atomic E-state index is 12.6. The van der Waals surface area contributed by atoms with Crippen LogP contribution in [0.4, 0.5) is 0 Å². The predicted octanol–water partition coefficient (Wildman–Crippen LogP) is 12.7. The van der Waals surface area contributed by atoms with Crippen molar-refractivity contribution in [3.63, 3.8) is 0 Å². The van der Waals surface area contributed by atoms with Gasteiger partial charge in [-0.15, -0.1) is 0 Å². The molecule has 2 aromatic rings. The van der Waals surface area contributed by atoms with E-state index in [1.165, 1.54) is 164 Å². The Bertz CT molecular complexity index is 805. The summed E-state index contributed by atoms with van der Waals surface area (Å²) in [5.74, 6) is 0.388. The van der Waals surface area contributed by atoms with Crippen LogP contribution in [0.15, 0.2) is 48.5 Å². The monoisotopic (exact) mass is 575 g/mol. The molecule has 0 spiro atoms. The van der Waals surface area contributed by atoms with Gasteiger partial charge in [0.2, 0.25) is 0 Å². The van der Waals surface area contributed by atoms with Gasteiger partial charge in [-0.3, -0.25) is 4.79 Å². The van der Waals surface area contributed by atoms with Gasteiger partial charge in [-0.1, -0.05) is 178 Å². The van der Waals surface area contributed by atoms with Crippen LogP contribution in [0.25, 0.3) is 0 Å². The molecule has 0 atom stereocenters. The average Bonchev–Trinajstić information content (AvgIpc) is 3.02. The Morgan fingerprint density at radius 1 is 0.357 bits per heavy atom. The second kappa shape index (κ2) is 25.6. The van der Waals surface area contributed by atoms with Crippen molar-refractivity contribution in [3.8, 4) is 0 Å². The highest BCUT2D eigenvalue weighted by Gasteiger charge is 2.05. The summed E-state index contributed by atoms with van der Waals surface area (Å²) in [7, 11) is 0. The van der Waals surface area contributed by atoms with E-state index in [0.717, 1.165) is 12.8 Å². The van der Waals surface area contributed by atoms with Gasteiger partial charge in [-0.05, 0) is 60.8 Å². The van der Waals surface area contributed by atoms with Gasteiger partial charge < -0.3 is 0 Å². The first-order valence-corrected chi connectivity index (χ1v) is 18.4. The Morgan fingerprint density at radius 2 is 0.595 bits per heavy atom. The fourth-order valence-corrected chi connectivity index (χ4v) is 6.07. The van der Waals surface area contributed by atoms with Crippen molar-refractivity contribution in [1.29, 1.82) is 0 Å². The molecule has 0 bridgehead atoms. The molecular formula is C41H66O. The number of rotatable bonds is 28. The third-order valence-electron chi connectivity index (χ3n) is 9.07. The van der Waals surface area contributed by atoms with Crippen LogP contribution in [0.5, 0.6) is 0 Å². The average molecular weight is 575 g/mol. The Balaban J connectivity index is 1.48. The summed E-state index contributed by atoms with van der Waals surface area (Å²) in [6.07, 6.45) is 33.2. The first-order chi connectivity index (χ1) is 20.7. The number of benzene rings is 2. The van der Waals surface area contributed by atoms with Crippen molar-refractivity contribution in [2.75, 3.05) is 0 Å². The maximum atomic E-state index is 12.6. The summed E-state index contributed by atoms with van der Waals surface area (Å²) >= 11 is 0. The Morgan fingerprint density at radius 3 is 0.881 bits per heavy atom. The van der Waals surface area contributed by atoms with E-state index in [0.29, 0.717) is 18.6 Å². The van der Waals surface area contributed by atoms with E-state index in [1.807, 2.05) is 0 Å².